The van der Waals surface area contributed by atoms with Crippen molar-refractivity contribution < 1.29 is 5.11 Å². The van der Waals surface area contributed by atoms with E-state index in [4.69, 9.17) is 5.11 Å². The number of fused-ring (bicyclic) bond motifs is 1. The van der Waals surface area contributed by atoms with Gasteiger partial charge in [-0.15, -0.1) is 0 Å². The summed E-state index contributed by atoms with van der Waals surface area (Å²) in [6, 6.07) is 13.7. The van der Waals surface area contributed by atoms with Gasteiger partial charge in [0.25, 0.3) is 0 Å². The van der Waals surface area contributed by atoms with Gasteiger partial charge in [-0.05, 0) is 42.6 Å². The van der Waals surface area contributed by atoms with Gasteiger partial charge in [-0.25, -0.2) is 0 Å². The van der Waals surface area contributed by atoms with Crippen LogP contribution in [0, 0.1) is 18.8 Å². The van der Waals surface area contributed by atoms with Crippen LogP contribution in [0.3, 0.4) is 0 Å². The van der Waals surface area contributed by atoms with E-state index in [0.717, 1.165) is 11.1 Å². The van der Waals surface area contributed by atoms with E-state index in [2.05, 4.69) is 52.7 Å². The molecule has 0 amide bonds. The number of nitrogens with one attached hydrogen (secondary N) is 2. The molecule has 126 valence electrons. The summed E-state index contributed by atoms with van der Waals surface area (Å²) in [6.45, 7) is 2.53. The SMILES string of the molecule is Cc1ccc(CNSc2c[nH]c3ccc(C#CCO)cc3c2=O)cc1. The lowest BCUT2D eigenvalue weighted by Gasteiger charge is -2.06. The maximum absolute atomic E-state index is 12.7. The Morgan fingerprint density at radius 1 is 1.20 bits per heavy atom. The van der Waals surface area contributed by atoms with Crippen molar-refractivity contribution in [1.82, 2.24) is 9.71 Å². The van der Waals surface area contributed by atoms with Crippen LogP contribution in [0.4, 0.5) is 0 Å². The molecule has 0 aliphatic heterocycles. The molecule has 0 atom stereocenters. The molecule has 2 aromatic carbocycles. The molecule has 3 N–H and O–H groups in total. The van der Waals surface area contributed by atoms with Crippen LogP contribution in [0.1, 0.15) is 16.7 Å². The van der Waals surface area contributed by atoms with Crippen molar-refractivity contribution in [2.24, 2.45) is 0 Å². The Morgan fingerprint density at radius 3 is 2.76 bits per heavy atom. The van der Waals surface area contributed by atoms with Crippen molar-refractivity contribution >= 4 is 22.9 Å². The topological polar surface area (TPSA) is 65.1 Å². The third-order valence-corrected chi connectivity index (χ3v) is 4.55. The third-order valence-electron chi connectivity index (χ3n) is 3.74. The monoisotopic (exact) mass is 350 g/mol. The van der Waals surface area contributed by atoms with Gasteiger partial charge in [0.15, 0.2) is 0 Å². The molecule has 0 aliphatic rings. The zero-order valence-electron chi connectivity index (χ0n) is 13.8. The Labute approximate surface area is 150 Å². The number of aromatic nitrogens is 1. The van der Waals surface area contributed by atoms with E-state index in [9.17, 15) is 4.79 Å². The third kappa shape index (κ3) is 4.31. The number of aromatic amines is 1. The molecule has 0 unspecified atom stereocenters. The highest BCUT2D eigenvalue weighted by molar-refractivity contribution is 7.97. The molecule has 0 saturated carbocycles. The largest absolute Gasteiger partial charge is 0.384 e. The summed E-state index contributed by atoms with van der Waals surface area (Å²) in [7, 11) is 0. The highest BCUT2D eigenvalue weighted by Crippen LogP contribution is 2.16. The Hall–Kier alpha value is -2.52. The van der Waals surface area contributed by atoms with Gasteiger partial charge in [0.1, 0.15) is 6.61 Å². The normalized spacial score (nSPS) is 10.5. The van der Waals surface area contributed by atoms with E-state index in [1.165, 1.54) is 17.5 Å². The molecule has 1 heterocycles. The van der Waals surface area contributed by atoms with Crippen LogP contribution in [-0.2, 0) is 6.54 Å². The number of hydrogen-bond acceptors (Lipinski definition) is 4. The summed E-state index contributed by atoms with van der Waals surface area (Å²) in [5.41, 5.74) is 3.83. The highest BCUT2D eigenvalue weighted by Gasteiger charge is 2.06. The fraction of sp³-hybridized carbons (Fsp3) is 0.150. The standard InChI is InChI=1S/C20H18N2O2S/c1-14-4-6-16(7-5-14)12-22-25-19-13-21-18-9-8-15(3-2-10-23)11-17(18)20(19)24/h4-9,11,13,22-23H,10,12H2,1H3,(H,21,24). The van der Waals surface area contributed by atoms with E-state index in [-0.39, 0.29) is 12.0 Å². The molecule has 1 aromatic heterocycles. The second kappa shape index (κ2) is 8.04. The van der Waals surface area contributed by atoms with Gasteiger partial charge < -0.3 is 10.1 Å². The van der Waals surface area contributed by atoms with Crippen LogP contribution in [0.2, 0.25) is 0 Å². The zero-order chi connectivity index (χ0) is 17.6. The van der Waals surface area contributed by atoms with E-state index in [0.29, 0.717) is 22.4 Å². The Bertz CT molecular complexity index is 998. The molecule has 0 fully saturated rings. The van der Waals surface area contributed by atoms with Gasteiger partial charge in [0, 0.05) is 29.2 Å². The molecule has 5 heteroatoms. The first-order chi connectivity index (χ1) is 12.2. The van der Waals surface area contributed by atoms with E-state index in [1.54, 1.807) is 12.3 Å². The van der Waals surface area contributed by atoms with Crippen LogP contribution in [0.5, 0.6) is 0 Å². The van der Waals surface area contributed by atoms with Crippen LogP contribution >= 0.6 is 11.9 Å². The van der Waals surface area contributed by atoms with Crippen LogP contribution < -0.4 is 10.2 Å². The van der Waals surface area contributed by atoms with E-state index in [1.807, 2.05) is 12.1 Å². The van der Waals surface area contributed by atoms with E-state index < -0.39 is 0 Å². The number of pyridine rings is 1. The number of H-pyrrole nitrogens is 1. The summed E-state index contributed by atoms with van der Waals surface area (Å²) in [4.78, 5) is 16.4. The second-order valence-corrected chi connectivity index (χ2v) is 6.54. The number of benzene rings is 2. The Kier molecular flexibility index (Phi) is 5.56. The quantitative estimate of drug-likeness (QED) is 0.500. The van der Waals surface area contributed by atoms with Crippen LogP contribution in [0.25, 0.3) is 10.9 Å². The fourth-order valence-electron chi connectivity index (χ4n) is 2.40. The first-order valence-electron chi connectivity index (χ1n) is 7.88. The maximum atomic E-state index is 12.7. The van der Waals surface area contributed by atoms with Crippen molar-refractivity contribution in [3.05, 3.63) is 75.6 Å². The zero-order valence-corrected chi connectivity index (χ0v) is 14.6. The van der Waals surface area contributed by atoms with Crippen molar-refractivity contribution in [1.29, 1.82) is 0 Å². The minimum absolute atomic E-state index is 0.0391. The van der Waals surface area contributed by atoms with Gasteiger partial charge in [0.05, 0.1) is 4.90 Å². The molecule has 25 heavy (non-hydrogen) atoms. The molecule has 3 rings (SSSR count). The molecular formula is C20H18N2O2S. The fourth-order valence-corrected chi connectivity index (χ4v) is 3.11. The summed E-state index contributed by atoms with van der Waals surface area (Å²) >= 11 is 1.31. The molecule has 0 radical (unpaired) electrons. The van der Waals surface area contributed by atoms with Crippen molar-refractivity contribution in [2.45, 2.75) is 18.4 Å². The predicted molar refractivity (Wildman–Crippen MR) is 102 cm³/mol. The minimum atomic E-state index is -0.201. The number of rotatable bonds is 4. The average Bonchev–Trinajstić information content (AvgIpc) is 2.63. The van der Waals surface area contributed by atoms with Gasteiger partial charge in [-0.2, -0.15) is 0 Å². The predicted octanol–water partition coefficient (Wildman–Crippen LogP) is 2.98. The molecule has 0 saturated heterocycles. The smallest absolute Gasteiger partial charge is 0.204 e. The van der Waals surface area contributed by atoms with Gasteiger partial charge >= 0.3 is 0 Å². The Morgan fingerprint density at radius 2 is 2.00 bits per heavy atom. The maximum Gasteiger partial charge on any atom is 0.204 e. The van der Waals surface area contributed by atoms with Gasteiger partial charge in [-0.3, -0.25) is 9.52 Å². The van der Waals surface area contributed by atoms with E-state index >= 15 is 0 Å². The molecule has 0 spiro atoms. The lowest BCUT2D eigenvalue weighted by molar-refractivity contribution is 0.350. The summed E-state index contributed by atoms with van der Waals surface area (Å²) in [5, 5.41) is 9.38. The van der Waals surface area contributed by atoms with Crippen LogP contribution in [-0.4, -0.2) is 16.7 Å². The van der Waals surface area contributed by atoms with Crippen molar-refractivity contribution in [2.75, 3.05) is 6.61 Å². The second-order valence-electron chi connectivity index (χ2n) is 5.61. The molecule has 3 aromatic rings. The summed E-state index contributed by atoms with van der Waals surface area (Å²) in [6.07, 6.45) is 1.72. The highest BCUT2D eigenvalue weighted by atomic mass is 32.2. The first kappa shape index (κ1) is 17.3. The van der Waals surface area contributed by atoms with Crippen molar-refractivity contribution in [3.63, 3.8) is 0 Å². The molecule has 0 aliphatic carbocycles. The molecule has 0 bridgehead atoms. The number of aliphatic hydroxyl groups is 1. The van der Waals surface area contributed by atoms with Crippen LogP contribution in [0.15, 0.2) is 58.4 Å². The minimum Gasteiger partial charge on any atom is -0.384 e. The lowest BCUT2D eigenvalue weighted by atomic mass is 10.1. The lowest BCUT2D eigenvalue weighted by Crippen LogP contribution is -2.11. The Balaban J connectivity index is 1.78. The summed E-state index contributed by atoms with van der Waals surface area (Å²) in [5.74, 6) is 5.42. The average molecular weight is 350 g/mol. The number of aliphatic hydroxyl groups excluding tert-OH is 1. The summed E-state index contributed by atoms with van der Waals surface area (Å²) < 4.78 is 3.23. The molecular weight excluding hydrogens is 332 g/mol. The molecule has 4 nitrogen and oxygen atoms in total. The van der Waals surface area contributed by atoms with Gasteiger partial charge in [-0.1, -0.05) is 41.7 Å². The number of hydrogen-bond donors (Lipinski definition) is 3. The number of aryl methyl sites for hydroxylation is 1. The van der Waals surface area contributed by atoms with Crippen molar-refractivity contribution in [3.8, 4) is 11.8 Å². The first-order valence-corrected chi connectivity index (χ1v) is 8.69. The van der Waals surface area contributed by atoms with Gasteiger partial charge in [0.2, 0.25) is 5.43 Å².